The summed E-state index contributed by atoms with van der Waals surface area (Å²) < 4.78 is 10.4. The van der Waals surface area contributed by atoms with Gasteiger partial charge >= 0.3 is 5.97 Å². The molecule has 0 aliphatic carbocycles. The molecular weight excluding hydrogens is 355 g/mol. The number of aliphatic hydroxyl groups is 1. The number of hydrogen-bond acceptors (Lipinski definition) is 4. The summed E-state index contributed by atoms with van der Waals surface area (Å²) in [5, 5.41) is 20.0. The van der Waals surface area contributed by atoms with Crippen LogP contribution in [0.25, 0.3) is 0 Å². The van der Waals surface area contributed by atoms with Crippen LogP contribution in [0.1, 0.15) is 22.8 Å². The number of carbonyl (C=O) groups is 1. The highest BCUT2D eigenvalue weighted by Gasteiger charge is 2.33. The molecule has 7 heteroatoms. The molecule has 2 unspecified atom stereocenters. The zero-order chi connectivity index (χ0) is 17.4. The van der Waals surface area contributed by atoms with Crippen LogP contribution in [0.2, 0.25) is 10.0 Å². The minimum absolute atomic E-state index is 0.112. The second kappa shape index (κ2) is 6.51. The van der Waals surface area contributed by atoms with E-state index in [0.29, 0.717) is 22.4 Å². The van der Waals surface area contributed by atoms with Crippen molar-refractivity contribution in [2.75, 3.05) is 7.11 Å². The standard InChI is InChI=1S/C17H14Cl2O5/c1-23-10-4-2-8(3-5-10)15(20)11-6-9-7-12(17(21)22)24-16(9)14(19)13(11)18/h2-6,12,15,20H,7H2,1H3,(H,21,22). The van der Waals surface area contributed by atoms with Gasteiger partial charge in [0.15, 0.2) is 6.10 Å². The Hall–Kier alpha value is -1.95. The third-order valence-corrected chi connectivity index (χ3v) is 4.80. The van der Waals surface area contributed by atoms with Gasteiger partial charge in [-0.25, -0.2) is 4.79 Å². The molecule has 24 heavy (non-hydrogen) atoms. The van der Waals surface area contributed by atoms with Crippen molar-refractivity contribution in [3.63, 3.8) is 0 Å². The van der Waals surface area contributed by atoms with E-state index < -0.39 is 18.2 Å². The van der Waals surface area contributed by atoms with E-state index >= 15 is 0 Å². The van der Waals surface area contributed by atoms with E-state index in [1.54, 1.807) is 37.4 Å². The lowest BCUT2D eigenvalue weighted by atomic mass is 9.98. The van der Waals surface area contributed by atoms with Gasteiger partial charge in [-0.15, -0.1) is 0 Å². The van der Waals surface area contributed by atoms with Gasteiger partial charge in [0.25, 0.3) is 0 Å². The molecule has 2 N–H and O–H groups in total. The molecule has 1 aliphatic rings. The van der Waals surface area contributed by atoms with E-state index in [-0.39, 0.29) is 22.2 Å². The zero-order valence-electron chi connectivity index (χ0n) is 12.6. The number of carboxylic acid groups (broad SMARTS) is 1. The molecule has 0 saturated carbocycles. The fourth-order valence-electron chi connectivity index (χ4n) is 2.65. The Labute approximate surface area is 148 Å². The SMILES string of the molecule is COc1ccc(C(O)c2cc3c(c(Cl)c2Cl)OC(C(=O)O)C3)cc1. The van der Waals surface area contributed by atoms with Gasteiger partial charge in [0.05, 0.1) is 12.1 Å². The zero-order valence-corrected chi connectivity index (χ0v) is 14.1. The number of ether oxygens (including phenoxy) is 2. The fourth-order valence-corrected chi connectivity index (χ4v) is 3.17. The summed E-state index contributed by atoms with van der Waals surface area (Å²) in [7, 11) is 1.56. The van der Waals surface area contributed by atoms with Crippen LogP contribution in [0.4, 0.5) is 0 Å². The summed E-state index contributed by atoms with van der Waals surface area (Å²) in [5.41, 5.74) is 1.63. The number of carboxylic acids is 1. The second-order valence-electron chi connectivity index (χ2n) is 5.41. The number of rotatable bonds is 4. The van der Waals surface area contributed by atoms with Crippen LogP contribution in [0, 0.1) is 0 Å². The number of hydrogen-bond donors (Lipinski definition) is 2. The Morgan fingerprint density at radius 1 is 1.29 bits per heavy atom. The molecule has 0 amide bonds. The number of aliphatic carboxylic acids is 1. The van der Waals surface area contributed by atoms with Gasteiger partial charge in [-0.1, -0.05) is 35.3 Å². The second-order valence-corrected chi connectivity index (χ2v) is 6.16. The number of benzene rings is 2. The van der Waals surface area contributed by atoms with Gasteiger partial charge in [0, 0.05) is 17.5 Å². The van der Waals surface area contributed by atoms with Crippen molar-refractivity contribution in [1.29, 1.82) is 0 Å². The molecule has 1 aliphatic heterocycles. The van der Waals surface area contributed by atoms with Crippen LogP contribution in [0.3, 0.4) is 0 Å². The first-order valence-electron chi connectivity index (χ1n) is 7.14. The Morgan fingerprint density at radius 2 is 1.96 bits per heavy atom. The fraction of sp³-hybridized carbons (Fsp3) is 0.235. The topological polar surface area (TPSA) is 76.0 Å². The normalized spacial score (nSPS) is 17.1. The molecule has 2 aromatic rings. The van der Waals surface area contributed by atoms with Gasteiger partial charge in [0.1, 0.15) is 22.6 Å². The van der Waals surface area contributed by atoms with Crippen LogP contribution in [0.5, 0.6) is 11.5 Å². The van der Waals surface area contributed by atoms with Gasteiger partial charge in [-0.2, -0.15) is 0 Å². The van der Waals surface area contributed by atoms with Crippen molar-refractivity contribution in [3.05, 3.63) is 57.1 Å². The summed E-state index contributed by atoms with van der Waals surface area (Å²) >= 11 is 12.5. The van der Waals surface area contributed by atoms with Crippen molar-refractivity contribution in [2.45, 2.75) is 18.6 Å². The minimum atomic E-state index is -1.07. The van der Waals surface area contributed by atoms with Gasteiger partial charge in [-0.3, -0.25) is 0 Å². The van der Waals surface area contributed by atoms with Crippen LogP contribution < -0.4 is 9.47 Å². The molecule has 2 atom stereocenters. The van der Waals surface area contributed by atoms with Crippen molar-refractivity contribution in [1.82, 2.24) is 0 Å². The maximum atomic E-state index is 11.1. The first-order valence-corrected chi connectivity index (χ1v) is 7.90. The van der Waals surface area contributed by atoms with Crippen molar-refractivity contribution >= 4 is 29.2 Å². The highest BCUT2D eigenvalue weighted by molar-refractivity contribution is 6.43. The largest absolute Gasteiger partial charge is 0.497 e. The third kappa shape index (κ3) is 2.90. The monoisotopic (exact) mass is 368 g/mol. The predicted molar refractivity (Wildman–Crippen MR) is 89.3 cm³/mol. The van der Waals surface area contributed by atoms with Crippen LogP contribution in [0.15, 0.2) is 30.3 Å². The first kappa shape index (κ1) is 16.9. The predicted octanol–water partition coefficient (Wildman–Crippen LogP) is 3.47. The van der Waals surface area contributed by atoms with Crippen LogP contribution in [-0.4, -0.2) is 29.4 Å². The molecule has 0 radical (unpaired) electrons. The Bertz CT molecular complexity index is 789. The quantitative estimate of drug-likeness (QED) is 0.863. The lowest BCUT2D eigenvalue weighted by molar-refractivity contribution is -0.144. The molecule has 0 fully saturated rings. The van der Waals surface area contributed by atoms with Crippen molar-refractivity contribution in [3.8, 4) is 11.5 Å². The van der Waals surface area contributed by atoms with E-state index in [4.69, 9.17) is 37.8 Å². The summed E-state index contributed by atoms with van der Waals surface area (Å²) in [6, 6.07) is 8.53. The Kier molecular flexibility index (Phi) is 4.58. The lowest BCUT2D eigenvalue weighted by Crippen LogP contribution is -2.24. The molecule has 0 aromatic heterocycles. The lowest BCUT2D eigenvalue weighted by Gasteiger charge is -2.16. The molecular formula is C17H14Cl2O5. The number of halogens is 2. The third-order valence-electron chi connectivity index (χ3n) is 3.93. The average Bonchev–Trinajstić information content (AvgIpc) is 3.02. The molecule has 1 heterocycles. The van der Waals surface area contributed by atoms with Crippen molar-refractivity contribution < 1.29 is 24.5 Å². The van der Waals surface area contributed by atoms with Crippen molar-refractivity contribution in [2.24, 2.45) is 0 Å². The maximum Gasteiger partial charge on any atom is 0.345 e. The average molecular weight is 369 g/mol. The first-order chi connectivity index (χ1) is 11.4. The van der Waals surface area contributed by atoms with Crippen LogP contribution in [-0.2, 0) is 11.2 Å². The smallest absolute Gasteiger partial charge is 0.345 e. The maximum absolute atomic E-state index is 11.1. The summed E-state index contributed by atoms with van der Waals surface area (Å²) in [6.45, 7) is 0. The van der Waals surface area contributed by atoms with Gasteiger partial charge in [0.2, 0.25) is 0 Å². The minimum Gasteiger partial charge on any atom is -0.497 e. The molecule has 3 rings (SSSR count). The summed E-state index contributed by atoms with van der Waals surface area (Å²) in [4.78, 5) is 11.1. The molecule has 126 valence electrons. The molecule has 0 saturated heterocycles. The summed E-state index contributed by atoms with van der Waals surface area (Å²) in [5.74, 6) is -0.142. The van der Waals surface area contributed by atoms with E-state index in [1.807, 2.05) is 0 Å². The number of methoxy groups -OCH3 is 1. The molecule has 0 bridgehead atoms. The number of aliphatic hydroxyl groups excluding tert-OH is 1. The van der Waals surface area contributed by atoms with Gasteiger partial charge < -0.3 is 19.7 Å². The van der Waals surface area contributed by atoms with E-state index in [1.165, 1.54) is 0 Å². The van der Waals surface area contributed by atoms with Gasteiger partial charge in [-0.05, 0) is 23.8 Å². The Morgan fingerprint density at radius 3 is 2.54 bits per heavy atom. The van der Waals surface area contributed by atoms with E-state index in [0.717, 1.165) is 0 Å². The summed E-state index contributed by atoms with van der Waals surface area (Å²) in [6.07, 6.45) is -1.83. The Balaban J connectivity index is 1.98. The van der Waals surface area contributed by atoms with E-state index in [2.05, 4.69) is 0 Å². The molecule has 2 aromatic carbocycles. The highest BCUT2D eigenvalue weighted by Crippen LogP contribution is 2.45. The molecule has 5 nitrogen and oxygen atoms in total. The highest BCUT2D eigenvalue weighted by atomic mass is 35.5. The number of fused-ring (bicyclic) bond motifs is 1. The van der Waals surface area contributed by atoms with E-state index in [9.17, 15) is 9.90 Å². The van der Waals surface area contributed by atoms with Crippen LogP contribution >= 0.6 is 23.2 Å². The molecule has 0 spiro atoms.